The molecular formula is C10H12N4O2. The van der Waals surface area contributed by atoms with Gasteiger partial charge in [-0.15, -0.1) is 0 Å². The van der Waals surface area contributed by atoms with Crippen molar-refractivity contribution in [1.82, 2.24) is 10.2 Å². The molecule has 0 aliphatic heterocycles. The number of amides is 1. The van der Waals surface area contributed by atoms with E-state index in [9.17, 15) is 4.79 Å². The highest BCUT2D eigenvalue weighted by Gasteiger charge is 2.14. The molecule has 2 rings (SSSR count). The van der Waals surface area contributed by atoms with Gasteiger partial charge >= 0.3 is 0 Å². The number of nitrogen functional groups attached to an aromatic ring is 1. The summed E-state index contributed by atoms with van der Waals surface area (Å²) in [5, 5.41) is 8.93. The van der Waals surface area contributed by atoms with Gasteiger partial charge in [-0.05, 0) is 6.07 Å². The lowest BCUT2D eigenvalue weighted by molar-refractivity contribution is 0.102. The second-order valence-electron chi connectivity index (χ2n) is 3.27. The van der Waals surface area contributed by atoms with Crippen molar-refractivity contribution >= 4 is 17.4 Å². The van der Waals surface area contributed by atoms with Crippen molar-refractivity contribution in [3.05, 3.63) is 29.9 Å². The van der Waals surface area contributed by atoms with Crippen LogP contribution in [0.5, 0.6) is 0 Å². The summed E-state index contributed by atoms with van der Waals surface area (Å²) in [5.41, 5.74) is 6.49. The molecule has 4 N–H and O–H groups in total. The van der Waals surface area contributed by atoms with Crippen LogP contribution >= 0.6 is 0 Å². The molecule has 2 aromatic heterocycles. The molecular weight excluding hydrogens is 208 g/mol. The molecule has 0 spiro atoms. The monoisotopic (exact) mass is 220 g/mol. The van der Waals surface area contributed by atoms with Gasteiger partial charge in [0.1, 0.15) is 5.76 Å². The van der Waals surface area contributed by atoms with Crippen LogP contribution in [0.15, 0.2) is 22.9 Å². The Morgan fingerprint density at radius 3 is 3.12 bits per heavy atom. The number of carbonyl (C=O) groups is 1. The lowest BCUT2D eigenvalue weighted by Gasteiger charge is -2.02. The van der Waals surface area contributed by atoms with Crippen LogP contribution in [0, 0.1) is 0 Å². The van der Waals surface area contributed by atoms with Gasteiger partial charge in [0.25, 0.3) is 5.91 Å². The van der Waals surface area contributed by atoms with E-state index in [1.165, 1.54) is 12.5 Å². The van der Waals surface area contributed by atoms with E-state index in [1.54, 1.807) is 6.07 Å². The fourth-order valence-electron chi connectivity index (χ4n) is 1.39. The number of carbonyl (C=O) groups excluding carboxylic acids is 1. The summed E-state index contributed by atoms with van der Waals surface area (Å²) >= 11 is 0. The molecule has 0 saturated heterocycles. The molecule has 0 fully saturated rings. The number of hydrogen-bond donors (Lipinski definition) is 3. The van der Waals surface area contributed by atoms with Crippen LogP contribution in [0.2, 0.25) is 0 Å². The third-order valence-electron chi connectivity index (χ3n) is 2.22. The van der Waals surface area contributed by atoms with Crippen LogP contribution in [0.25, 0.3) is 0 Å². The highest BCUT2D eigenvalue weighted by Crippen LogP contribution is 2.16. The lowest BCUT2D eigenvalue weighted by Crippen LogP contribution is -2.14. The summed E-state index contributed by atoms with van der Waals surface area (Å²) < 4.78 is 5.17. The van der Waals surface area contributed by atoms with Gasteiger partial charge in [0, 0.05) is 6.42 Å². The third-order valence-corrected chi connectivity index (χ3v) is 2.22. The van der Waals surface area contributed by atoms with Gasteiger partial charge in [0.15, 0.2) is 5.82 Å². The average Bonchev–Trinajstić information content (AvgIpc) is 2.87. The van der Waals surface area contributed by atoms with Crippen LogP contribution < -0.4 is 11.1 Å². The quantitative estimate of drug-likeness (QED) is 0.728. The van der Waals surface area contributed by atoms with Gasteiger partial charge in [0.05, 0.1) is 23.7 Å². The summed E-state index contributed by atoms with van der Waals surface area (Å²) in [4.78, 5) is 11.8. The van der Waals surface area contributed by atoms with Gasteiger partial charge in [-0.1, -0.05) is 6.92 Å². The number of aryl methyl sites for hydroxylation is 1. The maximum absolute atomic E-state index is 11.8. The Morgan fingerprint density at radius 2 is 2.50 bits per heavy atom. The van der Waals surface area contributed by atoms with E-state index >= 15 is 0 Å². The number of hydrogen-bond acceptors (Lipinski definition) is 4. The first-order chi connectivity index (χ1) is 7.72. The summed E-state index contributed by atoms with van der Waals surface area (Å²) in [6.07, 6.45) is 3.59. The first-order valence-electron chi connectivity index (χ1n) is 4.89. The summed E-state index contributed by atoms with van der Waals surface area (Å²) in [6, 6.07) is 1.63. The topological polar surface area (TPSA) is 96.9 Å². The van der Waals surface area contributed by atoms with E-state index < -0.39 is 0 Å². The average molecular weight is 220 g/mol. The second kappa shape index (κ2) is 4.09. The van der Waals surface area contributed by atoms with Crippen molar-refractivity contribution in [2.75, 3.05) is 11.1 Å². The zero-order chi connectivity index (χ0) is 11.5. The zero-order valence-corrected chi connectivity index (χ0v) is 8.78. The van der Waals surface area contributed by atoms with E-state index in [-0.39, 0.29) is 5.91 Å². The Balaban J connectivity index is 2.18. The van der Waals surface area contributed by atoms with Gasteiger partial charge in [0.2, 0.25) is 0 Å². The highest BCUT2D eigenvalue weighted by molar-refractivity contribution is 6.05. The van der Waals surface area contributed by atoms with Gasteiger partial charge < -0.3 is 15.5 Å². The van der Waals surface area contributed by atoms with Gasteiger partial charge in [-0.3, -0.25) is 9.89 Å². The van der Waals surface area contributed by atoms with Crippen molar-refractivity contribution < 1.29 is 9.21 Å². The Hall–Kier alpha value is -2.24. The summed E-state index contributed by atoms with van der Waals surface area (Å²) in [6.45, 7) is 1.92. The van der Waals surface area contributed by atoms with E-state index in [2.05, 4.69) is 15.5 Å². The predicted molar refractivity (Wildman–Crippen MR) is 59.0 cm³/mol. The molecule has 2 aromatic rings. The third kappa shape index (κ3) is 1.77. The van der Waals surface area contributed by atoms with Crippen LogP contribution in [-0.2, 0) is 6.42 Å². The number of nitrogens with two attached hydrogens (primary N) is 1. The predicted octanol–water partition coefficient (Wildman–Crippen LogP) is 1.40. The summed E-state index contributed by atoms with van der Waals surface area (Å²) in [5.74, 6) is 0.783. The van der Waals surface area contributed by atoms with E-state index in [1.807, 2.05) is 6.92 Å². The Morgan fingerprint density at radius 1 is 1.69 bits per heavy atom. The van der Waals surface area contributed by atoms with Crippen molar-refractivity contribution in [3.8, 4) is 0 Å². The number of aromatic amines is 1. The minimum atomic E-state index is -0.262. The number of nitrogens with one attached hydrogen (secondary N) is 2. The number of anilines is 2. The molecule has 6 nitrogen and oxygen atoms in total. The largest absolute Gasteiger partial charge is 0.469 e. The van der Waals surface area contributed by atoms with Crippen LogP contribution in [0.3, 0.4) is 0 Å². The molecule has 0 bridgehead atoms. The normalized spacial score (nSPS) is 10.3. The molecule has 1 amide bonds. The minimum absolute atomic E-state index is 0.262. The van der Waals surface area contributed by atoms with Crippen molar-refractivity contribution in [2.24, 2.45) is 0 Å². The fourth-order valence-corrected chi connectivity index (χ4v) is 1.39. The van der Waals surface area contributed by atoms with Gasteiger partial charge in [-0.25, -0.2) is 0 Å². The van der Waals surface area contributed by atoms with Crippen LogP contribution in [0.1, 0.15) is 23.0 Å². The molecule has 84 valence electrons. The van der Waals surface area contributed by atoms with Gasteiger partial charge in [-0.2, -0.15) is 5.10 Å². The van der Waals surface area contributed by atoms with Crippen molar-refractivity contribution in [2.45, 2.75) is 13.3 Å². The molecule has 0 aromatic carbocycles. The molecule has 16 heavy (non-hydrogen) atoms. The number of aromatic nitrogens is 2. The number of H-pyrrole nitrogens is 1. The highest BCUT2D eigenvalue weighted by atomic mass is 16.3. The molecule has 0 unspecified atom stereocenters. The maximum Gasteiger partial charge on any atom is 0.260 e. The Labute approximate surface area is 91.8 Å². The van der Waals surface area contributed by atoms with Crippen LogP contribution in [-0.4, -0.2) is 16.1 Å². The molecule has 2 heterocycles. The lowest BCUT2D eigenvalue weighted by atomic mass is 10.2. The second-order valence-corrected chi connectivity index (χ2v) is 3.27. The maximum atomic E-state index is 11.8. The molecule has 0 aliphatic carbocycles. The first kappa shape index (κ1) is 10.3. The standard InChI is InChI=1S/C10H12N4O2/c1-2-8-6(3-4-16-8)10(15)13-9-7(11)5-12-14-9/h3-5H,2,11H2,1H3,(H2,12,13,14,15). The van der Waals surface area contributed by atoms with Crippen molar-refractivity contribution in [1.29, 1.82) is 0 Å². The zero-order valence-electron chi connectivity index (χ0n) is 8.78. The Bertz CT molecular complexity index is 500. The molecule has 0 atom stereocenters. The van der Waals surface area contributed by atoms with E-state index in [4.69, 9.17) is 10.2 Å². The molecule has 0 radical (unpaired) electrons. The molecule has 6 heteroatoms. The first-order valence-corrected chi connectivity index (χ1v) is 4.89. The molecule has 0 saturated carbocycles. The number of nitrogens with zero attached hydrogens (tertiary/aromatic N) is 1. The summed E-state index contributed by atoms with van der Waals surface area (Å²) in [7, 11) is 0. The fraction of sp³-hybridized carbons (Fsp3) is 0.200. The minimum Gasteiger partial charge on any atom is -0.469 e. The SMILES string of the molecule is CCc1occc1C(=O)Nc1[nH]ncc1N. The van der Waals surface area contributed by atoms with Crippen molar-refractivity contribution in [3.63, 3.8) is 0 Å². The molecule has 0 aliphatic rings. The van der Waals surface area contributed by atoms with Crippen LogP contribution in [0.4, 0.5) is 11.5 Å². The van der Waals surface area contributed by atoms with E-state index in [0.717, 1.165) is 0 Å². The van der Waals surface area contributed by atoms with E-state index in [0.29, 0.717) is 29.2 Å². The Kier molecular flexibility index (Phi) is 2.63. The number of rotatable bonds is 3. The smallest absolute Gasteiger partial charge is 0.260 e. The number of furan rings is 1.